The fourth-order valence-electron chi connectivity index (χ4n) is 2.97. The highest BCUT2D eigenvalue weighted by Crippen LogP contribution is 2.36. The molecule has 0 bridgehead atoms. The Morgan fingerprint density at radius 2 is 1.67 bits per heavy atom. The molecule has 3 rings (SSSR count). The molecule has 144 valence electrons. The van der Waals surface area contributed by atoms with Crippen LogP contribution in [0.1, 0.15) is 41.5 Å². The summed E-state index contributed by atoms with van der Waals surface area (Å²) in [6.07, 6.45) is 0. The lowest BCUT2D eigenvalue weighted by Crippen LogP contribution is -2.41. The van der Waals surface area contributed by atoms with Crippen LogP contribution < -0.4 is 15.5 Å². The Balaban J connectivity index is 1.78. The predicted octanol–water partition coefficient (Wildman–Crippen LogP) is 3.04. The van der Waals surface area contributed by atoms with E-state index in [2.05, 4.69) is 11.4 Å². The summed E-state index contributed by atoms with van der Waals surface area (Å²) >= 11 is 0. The molecule has 1 aliphatic heterocycles. The van der Waals surface area contributed by atoms with Crippen molar-refractivity contribution < 1.29 is 18.8 Å². The first-order valence-corrected chi connectivity index (χ1v) is 9.39. The van der Waals surface area contributed by atoms with E-state index in [0.29, 0.717) is 5.75 Å². The first kappa shape index (κ1) is 19.7. The molecule has 2 aromatic rings. The van der Waals surface area contributed by atoms with E-state index < -0.39 is 7.12 Å². The van der Waals surface area contributed by atoms with Gasteiger partial charge in [0, 0.05) is 6.04 Å². The van der Waals surface area contributed by atoms with Gasteiger partial charge in [-0.3, -0.25) is 4.79 Å². The summed E-state index contributed by atoms with van der Waals surface area (Å²) in [5, 5.41) is 4.92. The summed E-state index contributed by atoms with van der Waals surface area (Å²) in [7, 11) is -0.402. The van der Waals surface area contributed by atoms with Crippen molar-refractivity contribution in [2.75, 3.05) is 6.61 Å². The van der Waals surface area contributed by atoms with Gasteiger partial charge in [-0.2, -0.15) is 0 Å². The van der Waals surface area contributed by atoms with E-state index in [9.17, 15) is 4.79 Å². The molecule has 0 atom stereocenters. The Bertz CT molecular complexity index is 831. The third kappa shape index (κ3) is 4.28. The molecule has 0 saturated carbocycles. The number of carbonyl (C=O) groups is 1. The third-order valence-electron chi connectivity index (χ3n) is 5.18. The first-order valence-electron chi connectivity index (χ1n) is 9.39. The molecule has 0 radical (unpaired) electrons. The van der Waals surface area contributed by atoms with Crippen molar-refractivity contribution >= 4 is 29.3 Å². The Kier molecular flexibility index (Phi) is 5.23. The number of rotatable bonds is 5. The molecule has 1 N–H and O–H groups in total. The minimum absolute atomic E-state index is 0.000599. The van der Waals surface area contributed by atoms with Crippen molar-refractivity contribution in [1.82, 2.24) is 5.32 Å². The van der Waals surface area contributed by atoms with Gasteiger partial charge in [0.25, 0.3) is 5.91 Å². The quantitative estimate of drug-likeness (QED) is 0.824. The van der Waals surface area contributed by atoms with E-state index in [0.717, 1.165) is 16.2 Å². The third-order valence-corrected chi connectivity index (χ3v) is 5.18. The van der Waals surface area contributed by atoms with E-state index in [1.165, 1.54) is 0 Å². The molecule has 5 nitrogen and oxygen atoms in total. The lowest BCUT2D eigenvalue weighted by Gasteiger charge is -2.32. The van der Waals surface area contributed by atoms with Gasteiger partial charge in [-0.05, 0) is 69.9 Å². The van der Waals surface area contributed by atoms with Gasteiger partial charge in [0.2, 0.25) is 0 Å². The van der Waals surface area contributed by atoms with Gasteiger partial charge in [0.1, 0.15) is 5.75 Å². The number of hydrogen-bond donors (Lipinski definition) is 1. The molecule has 1 amide bonds. The Morgan fingerprint density at radius 1 is 1.04 bits per heavy atom. The van der Waals surface area contributed by atoms with Crippen molar-refractivity contribution in [3.8, 4) is 5.75 Å². The average Bonchev–Trinajstić information content (AvgIpc) is 2.79. The summed E-state index contributed by atoms with van der Waals surface area (Å²) in [6.45, 7) is 12.0. The van der Waals surface area contributed by atoms with Crippen molar-refractivity contribution in [2.24, 2.45) is 0 Å². The van der Waals surface area contributed by atoms with Crippen LogP contribution >= 0.6 is 0 Å². The van der Waals surface area contributed by atoms with E-state index in [4.69, 9.17) is 14.0 Å². The molecule has 6 heteroatoms. The maximum Gasteiger partial charge on any atom is 0.494 e. The summed E-state index contributed by atoms with van der Waals surface area (Å²) in [4.78, 5) is 11.8. The normalized spacial score (nSPS) is 18.1. The minimum Gasteiger partial charge on any atom is -0.484 e. The van der Waals surface area contributed by atoms with Gasteiger partial charge in [0.05, 0.1) is 11.2 Å². The molecule has 0 spiro atoms. The van der Waals surface area contributed by atoms with Gasteiger partial charge < -0.3 is 19.4 Å². The van der Waals surface area contributed by atoms with Crippen LogP contribution in [0.2, 0.25) is 0 Å². The fraction of sp³-hybridized carbons (Fsp3) is 0.476. The molecular formula is C21H28BNO4. The first-order chi connectivity index (χ1) is 12.6. The topological polar surface area (TPSA) is 56.8 Å². The average molecular weight is 369 g/mol. The second-order valence-electron chi connectivity index (χ2n) is 8.37. The molecule has 1 saturated heterocycles. The van der Waals surface area contributed by atoms with E-state index in [1.54, 1.807) is 0 Å². The number of amides is 1. The van der Waals surface area contributed by atoms with Crippen LogP contribution in [-0.2, 0) is 14.1 Å². The maximum atomic E-state index is 11.8. The van der Waals surface area contributed by atoms with Crippen LogP contribution in [0.25, 0.3) is 10.8 Å². The number of nitrogens with one attached hydrogen (secondary N) is 1. The SMILES string of the molecule is CC(C)NC(=O)COc1ccc2ccc(B3OC(C)(C)C(C)(C)O3)cc2c1. The molecular weight excluding hydrogens is 341 g/mol. The van der Waals surface area contributed by atoms with Crippen molar-refractivity contribution in [2.45, 2.75) is 58.8 Å². The zero-order chi connectivity index (χ0) is 19.8. The zero-order valence-corrected chi connectivity index (χ0v) is 17.0. The van der Waals surface area contributed by atoms with Crippen molar-refractivity contribution in [3.63, 3.8) is 0 Å². The van der Waals surface area contributed by atoms with E-state index >= 15 is 0 Å². The molecule has 27 heavy (non-hydrogen) atoms. The van der Waals surface area contributed by atoms with E-state index in [-0.39, 0.29) is 29.8 Å². The summed E-state index contributed by atoms with van der Waals surface area (Å²) in [6, 6.07) is 12.0. The number of hydrogen-bond acceptors (Lipinski definition) is 4. The number of fused-ring (bicyclic) bond motifs is 1. The summed E-state index contributed by atoms with van der Waals surface area (Å²) in [5.74, 6) is 0.531. The van der Waals surface area contributed by atoms with Crippen LogP contribution in [0.3, 0.4) is 0 Å². The highest BCUT2D eigenvalue weighted by Gasteiger charge is 2.51. The van der Waals surface area contributed by atoms with Gasteiger partial charge in [-0.15, -0.1) is 0 Å². The van der Waals surface area contributed by atoms with Crippen LogP contribution in [0, 0.1) is 0 Å². The van der Waals surface area contributed by atoms with Gasteiger partial charge in [-0.1, -0.05) is 24.3 Å². The highest BCUT2D eigenvalue weighted by molar-refractivity contribution is 6.62. The maximum absolute atomic E-state index is 11.8. The largest absolute Gasteiger partial charge is 0.494 e. The lowest BCUT2D eigenvalue weighted by atomic mass is 9.78. The number of ether oxygens (including phenoxy) is 1. The predicted molar refractivity (Wildman–Crippen MR) is 108 cm³/mol. The van der Waals surface area contributed by atoms with Crippen molar-refractivity contribution in [3.05, 3.63) is 36.4 Å². The lowest BCUT2D eigenvalue weighted by molar-refractivity contribution is -0.123. The van der Waals surface area contributed by atoms with Gasteiger partial charge in [0.15, 0.2) is 6.61 Å². The zero-order valence-electron chi connectivity index (χ0n) is 17.0. The molecule has 1 heterocycles. The number of carbonyl (C=O) groups excluding carboxylic acids is 1. The molecule has 2 aromatic carbocycles. The molecule has 0 unspecified atom stereocenters. The standard InChI is InChI=1S/C21H28BNO4/c1-14(2)23-19(24)13-25-18-10-8-15-7-9-17(11-16(15)12-18)22-26-20(3,4)21(5,6)27-22/h7-12,14H,13H2,1-6H3,(H,23,24). The minimum atomic E-state index is -0.402. The summed E-state index contributed by atoms with van der Waals surface area (Å²) < 4.78 is 17.9. The molecule has 0 aromatic heterocycles. The Morgan fingerprint density at radius 3 is 2.30 bits per heavy atom. The van der Waals surface area contributed by atoms with Crippen LogP contribution in [0.15, 0.2) is 36.4 Å². The van der Waals surface area contributed by atoms with Crippen LogP contribution in [-0.4, -0.2) is 36.9 Å². The Labute approximate surface area is 161 Å². The van der Waals surface area contributed by atoms with Crippen LogP contribution in [0.4, 0.5) is 0 Å². The monoisotopic (exact) mass is 369 g/mol. The molecule has 1 fully saturated rings. The van der Waals surface area contributed by atoms with Gasteiger partial charge >= 0.3 is 7.12 Å². The Hall–Kier alpha value is -2.05. The highest BCUT2D eigenvalue weighted by atomic mass is 16.7. The second-order valence-corrected chi connectivity index (χ2v) is 8.37. The number of benzene rings is 2. The fourth-order valence-corrected chi connectivity index (χ4v) is 2.97. The second kappa shape index (κ2) is 7.17. The summed E-state index contributed by atoms with van der Waals surface area (Å²) in [5.41, 5.74) is 0.221. The van der Waals surface area contributed by atoms with Crippen molar-refractivity contribution in [1.29, 1.82) is 0 Å². The van der Waals surface area contributed by atoms with E-state index in [1.807, 2.05) is 71.9 Å². The van der Waals surface area contributed by atoms with Crippen LogP contribution in [0.5, 0.6) is 5.75 Å². The van der Waals surface area contributed by atoms with Gasteiger partial charge in [-0.25, -0.2) is 0 Å². The molecule has 0 aliphatic carbocycles. The smallest absolute Gasteiger partial charge is 0.484 e. The molecule has 1 aliphatic rings.